The summed E-state index contributed by atoms with van der Waals surface area (Å²) in [5.41, 5.74) is 2.05. The number of likely N-dealkylation sites (tertiary alicyclic amines) is 1. The van der Waals surface area contributed by atoms with Gasteiger partial charge in [-0.2, -0.15) is 0 Å². The Morgan fingerprint density at radius 3 is 2.44 bits per heavy atom. The zero-order valence-corrected chi connectivity index (χ0v) is 18.5. The number of ether oxygens (including phenoxy) is 1. The maximum absolute atomic E-state index is 12.3. The Balaban J connectivity index is 1.15. The Hall–Kier alpha value is -3.39. The number of carbonyl (C=O) groups excluding carboxylic acids is 2. The fourth-order valence-corrected chi connectivity index (χ4v) is 4.39. The zero-order chi connectivity index (χ0) is 22.2. The molecular weight excluding hydrogens is 424 g/mol. The molecule has 0 spiro atoms. The molecule has 2 aromatic carbocycles. The van der Waals surface area contributed by atoms with E-state index in [0.29, 0.717) is 30.7 Å². The van der Waals surface area contributed by atoms with Crippen molar-refractivity contribution < 1.29 is 14.3 Å². The average Bonchev–Trinajstić information content (AvgIpc) is 3.31. The number of nitrogens with zero attached hydrogens (tertiary/aromatic N) is 2. The van der Waals surface area contributed by atoms with Crippen molar-refractivity contribution in [2.45, 2.75) is 19.4 Å². The van der Waals surface area contributed by atoms with E-state index in [1.165, 1.54) is 11.3 Å². The summed E-state index contributed by atoms with van der Waals surface area (Å²) in [7, 11) is 0. The monoisotopic (exact) mass is 450 g/mol. The van der Waals surface area contributed by atoms with Crippen LogP contribution in [0.3, 0.4) is 0 Å². The maximum Gasteiger partial charge on any atom is 0.410 e. The maximum atomic E-state index is 12.3. The normalized spacial score (nSPS) is 14.1. The van der Waals surface area contributed by atoms with Crippen molar-refractivity contribution in [1.82, 2.24) is 15.2 Å². The van der Waals surface area contributed by atoms with Crippen molar-refractivity contribution in [2.75, 3.05) is 25.0 Å². The Morgan fingerprint density at radius 2 is 1.72 bits per heavy atom. The minimum Gasteiger partial charge on any atom is -0.445 e. The first kappa shape index (κ1) is 21.8. The molecule has 4 rings (SSSR count). The predicted molar refractivity (Wildman–Crippen MR) is 125 cm³/mol. The number of rotatable bonds is 6. The van der Waals surface area contributed by atoms with Gasteiger partial charge in [-0.15, -0.1) is 0 Å². The van der Waals surface area contributed by atoms with Crippen LogP contribution < -0.4 is 10.6 Å². The summed E-state index contributed by atoms with van der Waals surface area (Å²) in [6.07, 6.45) is 3.14. The topological polar surface area (TPSA) is 83.6 Å². The van der Waals surface area contributed by atoms with Crippen LogP contribution in [0.1, 0.15) is 18.4 Å². The van der Waals surface area contributed by atoms with Gasteiger partial charge in [-0.25, -0.2) is 14.6 Å². The van der Waals surface area contributed by atoms with Gasteiger partial charge in [0.25, 0.3) is 0 Å². The van der Waals surface area contributed by atoms with E-state index in [1.54, 1.807) is 11.1 Å². The SMILES string of the molecule is O=C(NCC1CCN(C(=O)OCc2ccccc2)CC1)Nc1ncc(-c2ccccc2)s1. The van der Waals surface area contributed by atoms with Crippen LogP contribution in [-0.4, -0.2) is 41.6 Å². The van der Waals surface area contributed by atoms with Crippen LogP contribution in [0.4, 0.5) is 14.7 Å². The highest BCUT2D eigenvalue weighted by molar-refractivity contribution is 7.19. The first-order valence-corrected chi connectivity index (χ1v) is 11.5. The highest BCUT2D eigenvalue weighted by Gasteiger charge is 2.24. The van der Waals surface area contributed by atoms with Gasteiger partial charge in [0, 0.05) is 25.8 Å². The fourth-order valence-electron chi connectivity index (χ4n) is 3.58. The molecule has 1 aromatic heterocycles. The highest BCUT2D eigenvalue weighted by atomic mass is 32.1. The summed E-state index contributed by atoms with van der Waals surface area (Å²) >= 11 is 1.44. The second-order valence-corrected chi connectivity index (χ2v) is 8.73. The van der Waals surface area contributed by atoms with Crippen LogP contribution in [-0.2, 0) is 11.3 Å². The van der Waals surface area contributed by atoms with E-state index < -0.39 is 0 Å². The van der Waals surface area contributed by atoms with Gasteiger partial charge in [-0.1, -0.05) is 72.0 Å². The molecule has 1 fully saturated rings. The molecule has 0 unspecified atom stereocenters. The van der Waals surface area contributed by atoms with Crippen LogP contribution in [0.2, 0.25) is 0 Å². The Morgan fingerprint density at radius 1 is 1.03 bits per heavy atom. The van der Waals surface area contributed by atoms with Crippen LogP contribution >= 0.6 is 11.3 Å². The lowest BCUT2D eigenvalue weighted by atomic mass is 9.97. The van der Waals surface area contributed by atoms with E-state index in [9.17, 15) is 9.59 Å². The van der Waals surface area contributed by atoms with Gasteiger partial charge in [0.2, 0.25) is 0 Å². The Bertz CT molecular complexity index is 1020. The highest BCUT2D eigenvalue weighted by Crippen LogP contribution is 2.28. The van der Waals surface area contributed by atoms with Crippen molar-refractivity contribution in [3.8, 4) is 10.4 Å². The lowest BCUT2D eigenvalue weighted by molar-refractivity contribution is 0.0824. The van der Waals surface area contributed by atoms with Gasteiger partial charge in [0.1, 0.15) is 6.61 Å². The number of carbonyl (C=O) groups is 2. The molecule has 0 bridgehead atoms. The first-order chi connectivity index (χ1) is 15.7. The summed E-state index contributed by atoms with van der Waals surface area (Å²) < 4.78 is 5.40. The minimum absolute atomic E-state index is 0.260. The van der Waals surface area contributed by atoms with Gasteiger partial charge in [-0.05, 0) is 29.9 Å². The van der Waals surface area contributed by atoms with Crippen LogP contribution in [0.25, 0.3) is 10.4 Å². The molecule has 1 saturated heterocycles. The van der Waals surface area contributed by atoms with Gasteiger partial charge >= 0.3 is 12.1 Å². The zero-order valence-electron chi connectivity index (χ0n) is 17.7. The average molecular weight is 451 g/mol. The number of urea groups is 1. The number of hydrogen-bond acceptors (Lipinski definition) is 5. The molecular formula is C24H26N4O3S. The summed E-state index contributed by atoms with van der Waals surface area (Å²) in [6, 6.07) is 19.3. The van der Waals surface area contributed by atoms with E-state index in [2.05, 4.69) is 15.6 Å². The van der Waals surface area contributed by atoms with E-state index >= 15 is 0 Å². The van der Waals surface area contributed by atoms with Crippen molar-refractivity contribution in [3.05, 3.63) is 72.4 Å². The van der Waals surface area contributed by atoms with Crippen LogP contribution in [0.15, 0.2) is 66.9 Å². The number of piperidine rings is 1. The summed E-state index contributed by atoms with van der Waals surface area (Å²) in [4.78, 5) is 31.6. The first-order valence-electron chi connectivity index (χ1n) is 10.7. The standard InChI is InChI=1S/C24H26N4O3S/c29-22(27-23-26-16-21(32-23)20-9-5-2-6-10-20)25-15-18-11-13-28(14-12-18)24(30)31-17-19-7-3-1-4-8-19/h1-10,16,18H,11-15,17H2,(H2,25,26,27,29). The van der Waals surface area contributed by atoms with E-state index in [4.69, 9.17) is 4.74 Å². The molecule has 0 radical (unpaired) electrons. The lowest BCUT2D eigenvalue weighted by Gasteiger charge is -2.31. The third-order valence-electron chi connectivity index (χ3n) is 5.41. The largest absolute Gasteiger partial charge is 0.445 e. The minimum atomic E-state index is -0.281. The van der Waals surface area contributed by atoms with E-state index in [1.807, 2.05) is 60.7 Å². The molecule has 8 heteroatoms. The molecule has 3 aromatic rings. The second-order valence-electron chi connectivity index (χ2n) is 7.70. The number of thiazole rings is 1. The third-order valence-corrected chi connectivity index (χ3v) is 6.38. The molecule has 3 amide bonds. The summed E-state index contributed by atoms with van der Waals surface area (Å²) in [5, 5.41) is 6.29. The van der Waals surface area contributed by atoms with E-state index in [-0.39, 0.29) is 18.7 Å². The molecule has 0 atom stereocenters. The lowest BCUT2D eigenvalue weighted by Crippen LogP contribution is -2.42. The van der Waals surface area contributed by atoms with Gasteiger partial charge in [-0.3, -0.25) is 5.32 Å². The molecule has 7 nitrogen and oxygen atoms in total. The number of anilines is 1. The van der Waals surface area contributed by atoms with Gasteiger partial charge < -0.3 is 15.0 Å². The Kier molecular flexibility index (Phi) is 7.34. The number of amides is 3. The van der Waals surface area contributed by atoms with Crippen molar-refractivity contribution in [2.24, 2.45) is 5.92 Å². The van der Waals surface area contributed by atoms with E-state index in [0.717, 1.165) is 28.8 Å². The molecule has 1 aliphatic rings. The summed E-state index contributed by atoms with van der Waals surface area (Å²) in [6.45, 7) is 2.11. The Labute approximate surface area is 191 Å². The molecule has 2 heterocycles. The van der Waals surface area contributed by atoms with Crippen molar-refractivity contribution in [3.63, 3.8) is 0 Å². The molecule has 0 aliphatic carbocycles. The molecule has 2 N–H and O–H groups in total. The number of benzene rings is 2. The molecule has 32 heavy (non-hydrogen) atoms. The van der Waals surface area contributed by atoms with Crippen molar-refractivity contribution >= 4 is 28.6 Å². The molecule has 1 aliphatic heterocycles. The third kappa shape index (κ3) is 6.07. The fraction of sp³-hybridized carbons (Fsp3) is 0.292. The van der Waals surface area contributed by atoms with Gasteiger partial charge in [0.15, 0.2) is 5.13 Å². The smallest absolute Gasteiger partial charge is 0.410 e. The molecule has 166 valence electrons. The number of aromatic nitrogens is 1. The summed E-state index contributed by atoms with van der Waals surface area (Å²) in [5.74, 6) is 0.329. The number of hydrogen-bond donors (Lipinski definition) is 2. The predicted octanol–water partition coefficient (Wildman–Crippen LogP) is 4.98. The van der Waals surface area contributed by atoms with Crippen LogP contribution in [0, 0.1) is 5.92 Å². The van der Waals surface area contributed by atoms with Crippen LogP contribution in [0.5, 0.6) is 0 Å². The molecule has 0 saturated carbocycles. The second kappa shape index (κ2) is 10.8. The quantitative estimate of drug-likeness (QED) is 0.555. The van der Waals surface area contributed by atoms with Crippen molar-refractivity contribution in [1.29, 1.82) is 0 Å². The van der Waals surface area contributed by atoms with Gasteiger partial charge in [0.05, 0.1) is 4.88 Å². The number of nitrogens with one attached hydrogen (secondary N) is 2.